The van der Waals surface area contributed by atoms with Gasteiger partial charge in [-0.15, -0.1) is 0 Å². The van der Waals surface area contributed by atoms with Crippen LogP contribution >= 0.6 is 11.8 Å². The van der Waals surface area contributed by atoms with Crippen molar-refractivity contribution in [2.45, 2.75) is 24.5 Å². The van der Waals surface area contributed by atoms with Crippen molar-refractivity contribution in [2.75, 3.05) is 19.3 Å². The van der Waals surface area contributed by atoms with Crippen LogP contribution in [0.25, 0.3) is 10.8 Å². The predicted molar refractivity (Wildman–Crippen MR) is 86.4 cm³/mol. The molecule has 0 aliphatic heterocycles. The van der Waals surface area contributed by atoms with Crippen LogP contribution in [0.5, 0.6) is 0 Å². The van der Waals surface area contributed by atoms with Crippen molar-refractivity contribution in [1.29, 1.82) is 0 Å². The average Bonchev–Trinajstić information content (AvgIpc) is 2.50. The van der Waals surface area contributed by atoms with Crippen molar-refractivity contribution in [2.24, 2.45) is 0 Å². The molecule has 0 fully saturated rings. The Morgan fingerprint density at radius 2 is 2.14 bits per heavy atom. The van der Waals surface area contributed by atoms with Gasteiger partial charge in [0.15, 0.2) is 0 Å². The monoisotopic (exact) mass is 304 g/mol. The molecule has 1 unspecified atom stereocenters. The summed E-state index contributed by atoms with van der Waals surface area (Å²) in [5.41, 5.74) is 0. The third kappa shape index (κ3) is 4.44. The standard InChI is InChI=1S/C16H20N2O2S/c1-12(19)8-10-18(2)15(20)11-21-16-14-6-4-3-5-13(14)7-9-17-16/h3-7,9,12,19H,8,10-11H2,1-2H3. The first kappa shape index (κ1) is 15.8. The summed E-state index contributed by atoms with van der Waals surface area (Å²) in [5.74, 6) is 0.410. The molecule has 0 saturated heterocycles. The molecule has 0 bridgehead atoms. The topological polar surface area (TPSA) is 53.4 Å². The molecule has 1 amide bonds. The number of rotatable bonds is 6. The maximum absolute atomic E-state index is 12.1. The molecule has 1 N–H and O–H groups in total. The number of aromatic nitrogens is 1. The van der Waals surface area contributed by atoms with Crippen molar-refractivity contribution < 1.29 is 9.90 Å². The highest BCUT2D eigenvalue weighted by Crippen LogP contribution is 2.25. The smallest absolute Gasteiger partial charge is 0.232 e. The molecule has 0 aliphatic rings. The largest absolute Gasteiger partial charge is 0.393 e. The summed E-state index contributed by atoms with van der Waals surface area (Å²) < 4.78 is 0. The molecule has 1 aromatic heterocycles. The Bertz CT molecular complexity index is 611. The van der Waals surface area contributed by atoms with E-state index < -0.39 is 0 Å². The summed E-state index contributed by atoms with van der Waals surface area (Å²) >= 11 is 1.46. The van der Waals surface area contributed by atoms with Crippen molar-refractivity contribution in [3.05, 3.63) is 36.5 Å². The van der Waals surface area contributed by atoms with E-state index in [4.69, 9.17) is 0 Å². The first-order chi connectivity index (χ1) is 10.1. The van der Waals surface area contributed by atoms with E-state index in [2.05, 4.69) is 4.98 Å². The third-order valence-corrected chi connectivity index (χ3v) is 4.27. The first-order valence-electron chi connectivity index (χ1n) is 6.96. The van der Waals surface area contributed by atoms with Gasteiger partial charge in [0.2, 0.25) is 5.91 Å². The lowest BCUT2D eigenvalue weighted by atomic mass is 10.2. The molecule has 2 aromatic rings. The number of aliphatic hydroxyl groups is 1. The first-order valence-corrected chi connectivity index (χ1v) is 7.95. The molecule has 112 valence electrons. The van der Waals surface area contributed by atoms with E-state index in [-0.39, 0.29) is 12.0 Å². The lowest BCUT2D eigenvalue weighted by molar-refractivity contribution is -0.127. The number of benzene rings is 1. The molecule has 0 saturated carbocycles. The van der Waals surface area contributed by atoms with E-state index >= 15 is 0 Å². The van der Waals surface area contributed by atoms with Crippen LogP contribution in [0, 0.1) is 0 Å². The highest BCUT2D eigenvalue weighted by molar-refractivity contribution is 8.00. The summed E-state index contributed by atoms with van der Waals surface area (Å²) in [6.45, 7) is 2.30. The van der Waals surface area contributed by atoms with E-state index in [0.717, 1.165) is 15.8 Å². The normalized spacial score (nSPS) is 12.3. The summed E-state index contributed by atoms with van der Waals surface area (Å²) in [4.78, 5) is 18.1. The molecule has 1 heterocycles. The number of hydrogen-bond acceptors (Lipinski definition) is 4. The Kier molecular flexibility index (Phi) is 5.59. The molecule has 0 spiro atoms. The minimum absolute atomic E-state index is 0.0513. The average molecular weight is 304 g/mol. The number of aliphatic hydroxyl groups excluding tert-OH is 1. The summed E-state index contributed by atoms with van der Waals surface area (Å²) in [6.07, 6.45) is 1.98. The van der Waals surface area contributed by atoms with Gasteiger partial charge in [-0.1, -0.05) is 36.0 Å². The molecule has 21 heavy (non-hydrogen) atoms. The van der Waals surface area contributed by atoms with Crippen LogP contribution in [-0.2, 0) is 4.79 Å². The summed E-state index contributed by atoms with van der Waals surface area (Å²) in [7, 11) is 1.77. The summed E-state index contributed by atoms with van der Waals surface area (Å²) in [6, 6.07) is 10.00. The number of amides is 1. The highest BCUT2D eigenvalue weighted by Gasteiger charge is 2.11. The number of nitrogens with zero attached hydrogens (tertiary/aromatic N) is 2. The van der Waals surface area contributed by atoms with Crippen LogP contribution in [0.15, 0.2) is 41.6 Å². The van der Waals surface area contributed by atoms with Gasteiger partial charge in [-0.25, -0.2) is 4.98 Å². The van der Waals surface area contributed by atoms with Gasteiger partial charge in [-0.3, -0.25) is 4.79 Å². The SMILES string of the molecule is CC(O)CCN(C)C(=O)CSc1nccc2ccccc12. The van der Waals surface area contributed by atoms with Crippen molar-refractivity contribution in [3.63, 3.8) is 0 Å². The van der Waals surface area contributed by atoms with Gasteiger partial charge in [0.05, 0.1) is 11.9 Å². The van der Waals surface area contributed by atoms with Crippen LogP contribution in [0.4, 0.5) is 0 Å². The van der Waals surface area contributed by atoms with Gasteiger partial charge in [0.25, 0.3) is 0 Å². The fourth-order valence-electron chi connectivity index (χ4n) is 1.95. The zero-order valence-corrected chi connectivity index (χ0v) is 13.1. The maximum atomic E-state index is 12.1. The van der Waals surface area contributed by atoms with Gasteiger partial charge in [-0.2, -0.15) is 0 Å². The zero-order chi connectivity index (χ0) is 15.2. The molecule has 1 atom stereocenters. The van der Waals surface area contributed by atoms with E-state index in [9.17, 15) is 9.90 Å². The molecule has 5 heteroatoms. The van der Waals surface area contributed by atoms with Gasteiger partial charge in [-0.05, 0) is 24.8 Å². The Balaban J connectivity index is 1.97. The van der Waals surface area contributed by atoms with Gasteiger partial charge < -0.3 is 10.0 Å². The van der Waals surface area contributed by atoms with Crippen LogP contribution < -0.4 is 0 Å². The van der Waals surface area contributed by atoms with Crippen LogP contribution in [0.1, 0.15) is 13.3 Å². The highest BCUT2D eigenvalue weighted by atomic mass is 32.2. The third-order valence-electron chi connectivity index (χ3n) is 3.28. The second-order valence-electron chi connectivity index (χ2n) is 5.08. The number of fused-ring (bicyclic) bond motifs is 1. The quantitative estimate of drug-likeness (QED) is 0.833. The lowest BCUT2D eigenvalue weighted by Crippen LogP contribution is -2.30. The van der Waals surface area contributed by atoms with Crippen LogP contribution in [0.2, 0.25) is 0 Å². The Labute approximate surface area is 129 Å². The number of hydrogen-bond donors (Lipinski definition) is 1. The number of thioether (sulfide) groups is 1. The minimum atomic E-state index is -0.382. The van der Waals surface area contributed by atoms with E-state index in [1.54, 1.807) is 25.1 Å². The van der Waals surface area contributed by atoms with Gasteiger partial charge in [0, 0.05) is 25.2 Å². The Morgan fingerprint density at radius 3 is 2.90 bits per heavy atom. The fourth-order valence-corrected chi connectivity index (χ4v) is 2.91. The number of carbonyl (C=O) groups excluding carboxylic acids is 1. The number of carbonyl (C=O) groups is 1. The predicted octanol–water partition coefficient (Wildman–Crippen LogP) is 2.56. The maximum Gasteiger partial charge on any atom is 0.232 e. The lowest BCUT2D eigenvalue weighted by Gasteiger charge is -2.17. The van der Waals surface area contributed by atoms with Crippen molar-refractivity contribution in [3.8, 4) is 0 Å². The fraction of sp³-hybridized carbons (Fsp3) is 0.375. The van der Waals surface area contributed by atoms with E-state index in [1.165, 1.54) is 11.8 Å². The minimum Gasteiger partial charge on any atom is -0.393 e. The van der Waals surface area contributed by atoms with E-state index in [1.807, 2.05) is 30.3 Å². The van der Waals surface area contributed by atoms with Gasteiger partial charge >= 0.3 is 0 Å². The molecule has 4 nitrogen and oxygen atoms in total. The van der Waals surface area contributed by atoms with Crippen LogP contribution in [0.3, 0.4) is 0 Å². The van der Waals surface area contributed by atoms with Crippen LogP contribution in [-0.4, -0.2) is 46.3 Å². The molecule has 1 aromatic carbocycles. The van der Waals surface area contributed by atoms with Crippen molar-refractivity contribution in [1.82, 2.24) is 9.88 Å². The Morgan fingerprint density at radius 1 is 1.38 bits per heavy atom. The van der Waals surface area contributed by atoms with E-state index in [0.29, 0.717) is 18.7 Å². The molecule has 2 rings (SSSR count). The second kappa shape index (κ2) is 7.43. The van der Waals surface area contributed by atoms with Crippen molar-refractivity contribution >= 4 is 28.4 Å². The van der Waals surface area contributed by atoms with Gasteiger partial charge in [0.1, 0.15) is 5.03 Å². The molecular weight excluding hydrogens is 284 g/mol. The molecule has 0 radical (unpaired) electrons. The second-order valence-corrected chi connectivity index (χ2v) is 6.04. The number of pyridine rings is 1. The molecular formula is C16H20N2O2S. The zero-order valence-electron chi connectivity index (χ0n) is 12.3. The Hall–Kier alpha value is -1.59. The summed E-state index contributed by atoms with van der Waals surface area (Å²) in [5, 5.41) is 12.3. The molecule has 0 aliphatic carbocycles.